The second-order valence-corrected chi connectivity index (χ2v) is 6.47. The minimum Gasteiger partial charge on any atom is -0.459 e. The molecule has 0 aromatic heterocycles. The van der Waals surface area contributed by atoms with Gasteiger partial charge in [0.1, 0.15) is 17.9 Å². The summed E-state index contributed by atoms with van der Waals surface area (Å²) in [6.07, 6.45) is 5.43. The first-order chi connectivity index (χ1) is 9.21. The first-order valence-electron chi connectivity index (χ1n) is 7.41. The topological polar surface area (TPSA) is 8.88 Å². The van der Waals surface area contributed by atoms with Crippen LogP contribution >= 0.6 is 0 Å². The van der Waals surface area contributed by atoms with Gasteiger partial charge in [-0.15, -0.1) is 7.05 Å². The molecule has 2 heteroatoms. The molecule has 2 aliphatic heterocycles. The third-order valence-electron chi connectivity index (χ3n) is 5.29. The van der Waals surface area contributed by atoms with Crippen molar-refractivity contribution in [1.82, 2.24) is 0 Å². The summed E-state index contributed by atoms with van der Waals surface area (Å²) in [6.45, 7) is 2.25. The minimum atomic E-state index is 0.389. The van der Waals surface area contributed by atoms with Crippen molar-refractivity contribution in [3.63, 3.8) is 0 Å². The van der Waals surface area contributed by atoms with E-state index in [9.17, 15) is 0 Å². The molecule has 2 heterocycles. The maximum Gasteiger partial charge on any atom is 0.144 e. The van der Waals surface area contributed by atoms with Crippen LogP contribution in [0.25, 0.3) is 5.57 Å². The molecule has 2 unspecified atom stereocenters. The van der Waals surface area contributed by atoms with Crippen LogP contribution in [-0.2, 0) is 0 Å². The standard InChI is InChI=1S/C17H22N2/c1-18-11-15-16(17(12-18)9-5-6-10-17)13-7-3-4-8-14(13)19(15)2/h3-4,7-8,18-19H,1-2,5-6,9-12H2. The number of para-hydroxylation sites is 1. The Labute approximate surface area is 115 Å². The zero-order valence-corrected chi connectivity index (χ0v) is 11.5. The normalized spacial score (nSPS) is 31.7. The Morgan fingerprint density at radius 2 is 1.79 bits per heavy atom. The summed E-state index contributed by atoms with van der Waals surface area (Å²) < 4.78 is 0. The van der Waals surface area contributed by atoms with E-state index in [2.05, 4.69) is 38.4 Å². The average Bonchev–Trinajstić information content (AvgIpc) is 2.96. The van der Waals surface area contributed by atoms with Gasteiger partial charge in [0, 0.05) is 16.6 Å². The highest BCUT2D eigenvalue weighted by atomic mass is 15.2. The first-order valence-corrected chi connectivity index (χ1v) is 7.41. The van der Waals surface area contributed by atoms with E-state index in [1.54, 1.807) is 5.57 Å². The molecule has 1 aromatic rings. The first kappa shape index (κ1) is 11.7. The summed E-state index contributed by atoms with van der Waals surface area (Å²) in [5.41, 5.74) is 6.36. The molecule has 100 valence electrons. The van der Waals surface area contributed by atoms with Gasteiger partial charge in [-0.2, -0.15) is 7.05 Å². The fourth-order valence-electron chi connectivity index (χ4n) is 4.60. The molecule has 2 nitrogen and oxygen atoms in total. The van der Waals surface area contributed by atoms with Gasteiger partial charge in [0.25, 0.3) is 0 Å². The summed E-state index contributed by atoms with van der Waals surface area (Å²) in [6, 6.07) is 8.85. The van der Waals surface area contributed by atoms with Gasteiger partial charge >= 0.3 is 0 Å². The van der Waals surface area contributed by atoms with E-state index in [1.807, 2.05) is 0 Å². The highest BCUT2D eigenvalue weighted by Gasteiger charge is 2.49. The summed E-state index contributed by atoms with van der Waals surface area (Å²) in [5, 5.41) is 0. The number of hydrogen-bond acceptors (Lipinski definition) is 0. The number of rotatable bonds is 0. The van der Waals surface area contributed by atoms with E-state index in [1.165, 1.54) is 59.0 Å². The maximum absolute atomic E-state index is 4.37. The molecule has 3 aliphatic rings. The van der Waals surface area contributed by atoms with Crippen LogP contribution in [0.2, 0.25) is 0 Å². The van der Waals surface area contributed by atoms with E-state index in [0.29, 0.717) is 5.41 Å². The van der Waals surface area contributed by atoms with Gasteiger partial charge in [-0.1, -0.05) is 25.0 Å². The van der Waals surface area contributed by atoms with E-state index >= 15 is 0 Å². The third kappa shape index (κ3) is 1.50. The molecule has 2 atom stereocenters. The fraction of sp³-hybridized carbons (Fsp3) is 0.412. The Morgan fingerprint density at radius 3 is 2.58 bits per heavy atom. The largest absolute Gasteiger partial charge is 0.459 e. The van der Waals surface area contributed by atoms with Gasteiger partial charge in [0.15, 0.2) is 0 Å². The average molecular weight is 254 g/mol. The zero-order chi connectivity index (χ0) is 13.0. The number of quaternary nitrogens is 2. The van der Waals surface area contributed by atoms with Crippen LogP contribution < -0.4 is 9.80 Å². The van der Waals surface area contributed by atoms with Crippen LogP contribution in [0.5, 0.6) is 0 Å². The van der Waals surface area contributed by atoms with Crippen LogP contribution in [0, 0.1) is 19.5 Å². The van der Waals surface area contributed by atoms with Gasteiger partial charge in [-0.3, -0.25) is 0 Å². The van der Waals surface area contributed by atoms with E-state index in [4.69, 9.17) is 0 Å². The SMILES string of the molecule is [CH2-][NH+]1CC2=C(c3ccccc3[NH+]2[CH2-])C2(CCCC2)C1. The van der Waals surface area contributed by atoms with E-state index in [0.717, 1.165) is 6.54 Å². The van der Waals surface area contributed by atoms with Crippen molar-refractivity contribution in [1.29, 1.82) is 0 Å². The van der Waals surface area contributed by atoms with Crippen LogP contribution in [0.3, 0.4) is 0 Å². The Balaban J connectivity index is 1.93. The highest BCUT2D eigenvalue weighted by molar-refractivity contribution is 5.81. The zero-order valence-electron chi connectivity index (χ0n) is 11.5. The Hall–Kier alpha value is -1.12. The van der Waals surface area contributed by atoms with Crippen molar-refractivity contribution < 1.29 is 9.80 Å². The molecule has 1 fully saturated rings. The quantitative estimate of drug-likeness (QED) is 0.639. The third-order valence-corrected chi connectivity index (χ3v) is 5.29. The van der Waals surface area contributed by atoms with Crippen LogP contribution in [0.4, 0.5) is 5.69 Å². The second-order valence-electron chi connectivity index (χ2n) is 6.47. The van der Waals surface area contributed by atoms with Crippen LogP contribution in [0.15, 0.2) is 30.0 Å². The lowest BCUT2D eigenvalue weighted by atomic mass is 9.73. The second kappa shape index (κ2) is 3.94. The molecule has 4 rings (SSSR count). The lowest BCUT2D eigenvalue weighted by Gasteiger charge is -2.40. The van der Waals surface area contributed by atoms with Crippen molar-refractivity contribution in [2.24, 2.45) is 5.41 Å². The molecule has 1 aromatic carbocycles. The number of benzene rings is 1. The number of fused-ring (bicyclic) bond motifs is 3. The predicted molar refractivity (Wildman–Crippen MR) is 76.3 cm³/mol. The summed E-state index contributed by atoms with van der Waals surface area (Å²) in [7, 11) is 8.69. The molecule has 0 saturated heterocycles. The van der Waals surface area contributed by atoms with Crippen molar-refractivity contribution in [3.8, 4) is 0 Å². The van der Waals surface area contributed by atoms with Crippen molar-refractivity contribution in [2.75, 3.05) is 13.1 Å². The number of nitrogens with one attached hydrogen (secondary N) is 2. The molecular formula is C17H22N2. The van der Waals surface area contributed by atoms with Gasteiger partial charge in [0.2, 0.25) is 0 Å². The van der Waals surface area contributed by atoms with Crippen LogP contribution in [-0.4, -0.2) is 13.1 Å². The summed E-state index contributed by atoms with van der Waals surface area (Å²) in [4.78, 5) is 2.67. The molecule has 1 saturated carbocycles. The van der Waals surface area contributed by atoms with Crippen molar-refractivity contribution >= 4 is 11.3 Å². The molecule has 0 radical (unpaired) electrons. The molecular weight excluding hydrogens is 232 g/mol. The summed E-state index contributed by atoms with van der Waals surface area (Å²) in [5.74, 6) is 0. The molecule has 1 spiro atoms. The van der Waals surface area contributed by atoms with Gasteiger partial charge in [-0.25, -0.2) is 0 Å². The van der Waals surface area contributed by atoms with Crippen molar-refractivity contribution in [2.45, 2.75) is 25.7 Å². The Kier molecular flexibility index (Phi) is 2.42. The van der Waals surface area contributed by atoms with E-state index in [-0.39, 0.29) is 0 Å². The van der Waals surface area contributed by atoms with E-state index < -0.39 is 0 Å². The fourth-order valence-corrected chi connectivity index (χ4v) is 4.60. The lowest BCUT2D eigenvalue weighted by molar-refractivity contribution is -0.878. The minimum absolute atomic E-state index is 0.389. The highest BCUT2D eigenvalue weighted by Crippen LogP contribution is 2.51. The van der Waals surface area contributed by atoms with Crippen LogP contribution in [0.1, 0.15) is 31.2 Å². The lowest BCUT2D eigenvalue weighted by Crippen LogP contribution is -3.14. The molecule has 0 amide bonds. The monoisotopic (exact) mass is 254 g/mol. The van der Waals surface area contributed by atoms with Gasteiger partial charge < -0.3 is 9.80 Å². The Morgan fingerprint density at radius 1 is 1.05 bits per heavy atom. The maximum atomic E-state index is 4.37. The number of hydrogen-bond donors (Lipinski definition) is 2. The van der Waals surface area contributed by atoms with Gasteiger partial charge in [0.05, 0.1) is 6.54 Å². The van der Waals surface area contributed by atoms with Gasteiger partial charge in [-0.05, 0) is 25.0 Å². The van der Waals surface area contributed by atoms with Crippen molar-refractivity contribution in [3.05, 3.63) is 49.6 Å². The summed E-state index contributed by atoms with van der Waals surface area (Å²) >= 11 is 0. The molecule has 19 heavy (non-hydrogen) atoms. The smallest absolute Gasteiger partial charge is 0.144 e. The molecule has 2 N–H and O–H groups in total. The Bertz CT molecular complexity index is 552. The predicted octanol–water partition coefficient (Wildman–Crippen LogP) is 0.970. The molecule has 1 aliphatic carbocycles. The molecule has 0 bridgehead atoms.